The van der Waals surface area contributed by atoms with E-state index >= 15 is 0 Å². The number of para-hydroxylation sites is 1. The van der Waals surface area contributed by atoms with Crippen molar-refractivity contribution >= 4 is 5.84 Å². The molecule has 1 rings (SSSR count). The summed E-state index contributed by atoms with van der Waals surface area (Å²) in [6.07, 6.45) is 0. The molecule has 4 heteroatoms. The van der Waals surface area contributed by atoms with E-state index in [1.807, 2.05) is 51.1 Å². The van der Waals surface area contributed by atoms with Gasteiger partial charge in [0.05, 0.1) is 5.54 Å². The molecule has 0 aliphatic carbocycles. The second-order valence-electron chi connectivity index (χ2n) is 4.48. The fraction of sp³-hybridized carbons (Fsp3) is 0.417. The predicted octanol–water partition coefficient (Wildman–Crippen LogP) is 1.73. The van der Waals surface area contributed by atoms with E-state index in [2.05, 4.69) is 10.4 Å². The van der Waals surface area contributed by atoms with Crippen molar-refractivity contribution in [3.63, 3.8) is 0 Å². The first-order valence-corrected chi connectivity index (χ1v) is 5.24. The molecule has 88 valence electrons. The molecular weight excluding hydrogens is 202 g/mol. The molecule has 16 heavy (non-hydrogen) atoms. The van der Waals surface area contributed by atoms with Crippen LogP contribution in [0.1, 0.15) is 20.8 Å². The number of nitrogens with one attached hydrogen (secondary N) is 1. The topological polar surface area (TPSA) is 59.6 Å². The Balaban J connectivity index is 2.56. The first-order valence-electron chi connectivity index (χ1n) is 5.24. The van der Waals surface area contributed by atoms with Crippen LogP contribution >= 0.6 is 0 Å². The summed E-state index contributed by atoms with van der Waals surface area (Å²) in [5.74, 6) is 6.82. The molecule has 1 aromatic carbocycles. The fourth-order valence-corrected chi connectivity index (χ4v) is 1.18. The van der Waals surface area contributed by atoms with Crippen LogP contribution < -0.4 is 16.0 Å². The van der Waals surface area contributed by atoms with Crippen LogP contribution in [-0.2, 0) is 0 Å². The maximum Gasteiger partial charge on any atom is 0.150 e. The van der Waals surface area contributed by atoms with Crippen molar-refractivity contribution in [2.75, 3.05) is 6.61 Å². The van der Waals surface area contributed by atoms with Crippen LogP contribution in [0.5, 0.6) is 5.75 Å². The Bertz CT molecular complexity index is 341. The zero-order chi connectivity index (χ0) is 12.0. The molecule has 0 atom stereocenters. The third-order valence-corrected chi connectivity index (χ3v) is 1.76. The van der Waals surface area contributed by atoms with Gasteiger partial charge in [-0.25, -0.2) is 5.84 Å². The largest absolute Gasteiger partial charge is 0.486 e. The third-order valence-electron chi connectivity index (χ3n) is 1.76. The van der Waals surface area contributed by atoms with Crippen molar-refractivity contribution in [2.45, 2.75) is 26.3 Å². The van der Waals surface area contributed by atoms with Crippen molar-refractivity contribution in [3.8, 4) is 5.75 Å². The van der Waals surface area contributed by atoms with Crippen molar-refractivity contribution in [1.29, 1.82) is 0 Å². The number of ether oxygens (including phenoxy) is 1. The summed E-state index contributed by atoms with van der Waals surface area (Å²) >= 11 is 0. The normalized spacial score (nSPS) is 12.4. The van der Waals surface area contributed by atoms with Gasteiger partial charge in [0, 0.05) is 0 Å². The van der Waals surface area contributed by atoms with Gasteiger partial charge in [0.2, 0.25) is 0 Å². The molecule has 4 nitrogen and oxygen atoms in total. The molecule has 0 bridgehead atoms. The summed E-state index contributed by atoms with van der Waals surface area (Å²) in [7, 11) is 0. The lowest BCUT2D eigenvalue weighted by Crippen LogP contribution is -2.37. The van der Waals surface area contributed by atoms with Gasteiger partial charge in [-0.15, -0.1) is 0 Å². The van der Waals surface area contributed by atoms with Gasteiger partial charge < -0.3 is 10.2 Å². The average molecular weight is 221 g/mol. The molecule has 0 saturated heterocycles. The molecule has 0 saturated carbocycles. The standard InChI is InChI=1S/C12H19N3O/c1-12(2,3)14-11(15-13)9-16-10-7-5-4-6-8-10/h4-8H,9,13H2,1-3H3,(H,14,15). The van der Waals surface area contributed by atoms with Gasteiger partial charge in [0.15, 0.2) is 0 Å². The lowest BCUT2D eigenvalue weighted by molar-refractivity contribution is 0.369. The van der Waals surface area contributed by atoms with E-state index in [9.17, 15) is 0 Å². The quantitative estimate of drug-likeness (QED) is 0.353. The van der Waals surface area contributed by atoms with Gasteiger partial charge in [-0.05, 0) is 32.9 Å². The molecule has 0 amide bonds. The van der Waals surface area contributed by atoms with E-state index in [0.29, 0.717) is 12.4 Å². The number of aliphatic imine (C=N–C) groups is 1. The Labute approximate surface area is 96.5 Å². The Kier molecular flexibility index (Phi) is 4.31. The van der Waals surface area contributed by atoms with Crippen molar-refractivity contribution < 1.29 is 4.74 Å². The number of amidine groups is 1. The number of nitrogens with two attached hydrogens (primary N) is 1. The van der Waals surface area contributed by atoms with Gasteiger partial charge in [0.25, 0.3) is 0 Å². The Morgan fingerprint density at radius 3 is 2.44 bits per heavy atom. The molecule has 0 aliphatic heterocycles. The fourth-order valence-electron chi connectivity index (χ4n) is 1.18. The first-order chi connectivity index (χ1) is 7.51. The predicted molar refractivity (Wildman–Crippen MR) is 66.4 cm³/mol. The minimum atomic E-state index is -0.165. The van der Waals surface area contributed by atoms with Gasteiger partial charge in [-0.3, -0.25) is 4.99 Å². The van der Waals surface area contributed by atoms with E-state index in [4.69, 9.17) is 10.6 Å². The maximum absolute atomic E-state index is 5.53. The molecule has 0 fully saturated rings. The van der Waals surface area contributed by atoms with Crippen LogP contribution in [0.15, 0.2) is 35.3 Å². The number of hydrazine groups is 1. The van der Waals surface area contributed by atoms with E-state index in [1.165, 1.54) is 0 Å². The summed E-state index contributed by atoms with van der Waals surface area (Å²) < 4.78 is 5.53. The molecule has 0 spiro atoms. The molecule has 0 aromatic heterocycles. The summed E-state index contributed by atoms with van der Waals surface area (Å²) in [6, 6.07) is 9.58. The number of hydrogen-bond acceptors (Lipinski definition) is 3. The van der Waals surface area contributed by atoms with Crippen molar-refractivity contribution in [1.82, 2.24) is 5.43 Å². The first kappa shape index (κ1) is 12.5. The van der Waals surface area contributed by atoms with Crippen LogP contribution in [0.3, 0.4) is 0 Å². The number of benzene rings is 1. The second kappa shape index (κ2) is 5.51. The van der Waals surface area contributed by atoms with Gasteiger partial charge in [0.1, 0.15) is 18.2 Å². The van der Waals surface area contributed by atoms with Crippen LogP contribution in [0.4, 0.5) is 0 Å². The van der Waals surface area contributed by atoms with E-state index < -0.39 is 0 Å². The summed E-state index contributed by atoms with van der Waals surface area (Å²) in [5.41, 5.74) is 2.39. The highest BCUT2D eigenvalue weighted by atomic mass is 16.5. The smallest absolute Gasteiger partial charge is 0.150 e. The maximum atomic E-state index is 5.53. The molecule has 0 radical (unpaired) electrons. The van der Waals surface area contributed by atoms with E-state index in [-0.39, 0.29) is 5.54 Å². The Morgan fingerprint density at radius 2 is 1.94 bits per heavy atom. The Morgan fingerprint density at radius 1 is 1.31 bits per heavy atom. The number of hydrogen-bond donors (Lipinski definition) is 2. The Hall–Kier alpha value is -1.55. The van der Waals surface area contributed by atoms with E-state index in [0.717, 1.165) is 5.75 Å². The molecule has 0 aliphatic rings. The minimum absolute atomic E-state index is 0.165. The van der Waals surface area contributed by atoms with Gasteiger partial charge in [-0.1, -0.05) is 18.2 Å². The lowest BCUT2D eigenvalue weighted by atomic mass is 10.1. The zero-order valence-corrected chi connectivity index (χ0v) is 10.0. The highest BCUT2D eigenvalue weighted by molar-refractivity contribution is 5.83. The number of nitrogens with zero attached hydrogens (tertiary/aromatic N) is 1. The molecular formula is C12H19N3O. The third kappa shape index (κ3) is 4.79. The SMILES string of the molecule is CC(C)(C)N=C(COc1ccccc1)NN. The monoisotopic (exact) mass is 221 g/mol. The average Bonchev–Trinajstić information content (AvgIpc) is 2.24. The minimum Gasteiger partial charge on any atom is -0.486 e. The van der Waals surface area contributed by atoms with E-state index in [1.54, 1.807) is 0 Å². The molecule has 0 unspecified atom stereocenters. The van der Waals surface area contributed by atoms with Crippen LogP contribution in [0.25, 0.3) is 0 Å². The van der Waals surface area contributed by atoms with Gasteiger partial charge >= 0.3 is 0 Å². The molecule has 0 heterocycles. The summed E-state index contributed by atoms with van der Waals surface area (Å²) in [6.45, 7) is 6.37. The highest BCUT2D eigenvalue weighted by Crippen LogP contribution is 2.09. The zero-order valence-electron chi connectivity index (χ0n) is 10.0. The summed E-state index contributed by atoms with van der Waals surface area (Å²) in [5, 5.41) is 0. The molecule has 1 aromatic rings. The van der Waals surface area contributed by atoms with Crippen molar-refractivity contribution in [2.24, 2.45) is 10.8 Å². The molecule has 3 N–H and O–H groups in total. The van der Waals surface area contributed by atoms with Crippen molar-refractivity contribution in [3.05, 3.63) is 30.3 Å². The lowest BCUT2D eigenvalue weighted by Gasteiger charge is -2.16. The van der Waals surface area contributed by atoms with Crippen LogP contribution in [-0.4, -0.2) is 18.0 Å². The highest BCUT2D eigenvalue weighted by Gasteiger charge is 2.09. The van der Waals surface area contributed by atoms with Crippen LogP contribution in [0, 0.1) is 0 Å². The number of rotatable bonds is 3. The van der Waals surface area contributed by atoms with Gasteiger partial charge in [-0.2, -0.15) is 0 Å². The summed E-state index contributed by atoms with van der Waals surface area (Å²) in [4.78, 5) is 4.40. The second-order valence-corrected chi connectivity index (χ2v) is 4.48. The van der Waals surface area contributed by atoms with Crippen LogP contribution in [0.2, 0.25) is 0 Å².